The fourth-order valence-corrected chi connectivity index (χ4v) is 5.07. The molecule has 30 heavy (non-hydrogen) atoms. The summed E-state index contributed by atoms with van der Waals surface area (Å²) in [7, 11) is 1.83. The van der Waals surface area contributed by atoms with Crippen LogP contribution in [-0.4, -0.2) is 30.4 Å². The van der Waals surface area contributed by atoms with Gasteiger partial charge in [-0.2, -0.15) is 5.10 Å². The highest BCUT2D eigenvalue weighted by Crippen LogP contribution is 2.29. The van der Waals surface area contributed by atoms with Crippen LogP contribution in [0, 0.1) is 0 Å². The molecule has 1 aromatic carbocycles. The van der Waals surface area contributed by atoms with Crippen LogP contribution >= 0.6 is 11.3 Å². The predicted octanol–water partition coefficient (Wildman–Crippen LogP) is 4.05. The van der Waals surface area contributed by atoms with E-state index in [2.05, 4.69) is 21.5 Å². The van der Waals surface area contributed by atoms with Crippen molar-refractivity contribution in [3.05, 3.63) is 58.9 Å². The van der Waals surface area contributed by atoms with Gasteiger partial charge in [-0.3, -0.25) is 9.48 Å². The first-order valence-electron chi connectivity index (χ1n) is 10.4. The molecule has 3 heterocycles. The van der Waals surface area contributed by atoms with E-state index in [4.69, 9.17) is 4.98 Å². The van der Waals surface area contributed by atoms with E-state index < -0.39 is 0 Å². The molecule has 1 aliphatic rings. The second kappa shape index (κ2) is 8.02. The smallest absolute Gasteiger partial charge is 0.277 e. The van der Waals surface area contributed by atoms with E-state index in [9.17, 15) is 4.79 Å². The lowest BCUT2D eigenvalue weighted by Gasteiger charge is -2.22. The minimum atomic E-state index is -0.116. The Bertz CT molecular complexity index is 1230. The van der Waals surface area contributed by atoms with E-state index in [0.717, 1.165) is 26.5 Å². The van der Waals surface area contributed by atoms with Crippen molar-refractivity contribution in [1.29, 1.82) is 0 Å². The third kappa shape index (κ3) is 3.87. The molecule has 1 aliphatic carbocycles. The fourth-order valence-electron chi connectivity index (χ4n) is 4.06. The number of aromatic nitrogens is 5. The highest BCUT2D eigenvalue weighted by Gasteiger charge is 2.15. The van der Waals surface area contributed by atoms with E-state index in [0.29, 0.717) is 18.3 Å². The van der Waals surface area contributed by atoms with Gasteiger partial charge in [0.25, 0.3) is 5.56 Å². The van der Waals surface area contributed by atoms with Crippen molar-refractivity contribution in [3.63, 3.8) is 0 Å². The second-order valence-corrected chi connectivity index (χ2v) is 8.94. The number of benzene rings is 1. The lowest BCUT2D eigenvalue weighted by atomic mass is 9.96. The van der Waals surface area contributed by atoms with Gasteiger partial charge in [-0.15, -0.1) is 0 Å². The van der Waals surface area contributed by atoms with Crippen LogP contribution in [0.2, 0.25) is 0 Å². The van der Waals surface area contributed by atoms with Gasteiger partial charge in [0.1, 0.15) is 5.69 Å². The predicted molar refractivity (Wildman–Crippen MR) is 120 cm³/mol. The number of thiazole rings is 1. The summed E-state index contributed by atoms with van der Waals surface area (Å²) >= 11 is 1.69. The average Bonchev–Trinajstić information content (AvgIpc) is 3.35. The number of aryl methyl sites for hydroxylation is 1. The van der Waals surface area contributed by atoms with Crippen molar-refractivity contribution >= 4 is 26.7 Å². The first-order valence-corrected chi connectivity index (χ1v) is 11.2. The molecule has 154 valence electrons. The average molecular weight is 421 g/mol. The molecule has 1 fully saturated rings. The monoisotopic (exact) mass is 420 g/mol. The standard InChI is InChI=1S/C22H24N6OS/c1-27-14-16(12-24-27)20-21(29)28(10-9-23-20)13-15-7-8-18-19(11-15)30-22(26-18)25-17-5-3-2-4-6-17/h7-12,14,17H,2-6,13H2,1H3,(H,25,26). The molecule has 8 heteroatoms. The van der Waals surface area contributed by atoms with Gasteiger partial charge in [-0.1, -0.05) is 36.7 Å². The third-order valence-electron chi connectivity index (χ3n) is 5.63. The molecule has 0 unspecified atom stereocenters. The molecule has 1 saturated carbocycles. The minimum absolute atomic E-state index is 0.116. The van der Waals surface area contributed by atoms with E-state index in [-0.39, 0.29) is 5.56 Å². The zero-order valence-electron chi connectivity index (χ0n) is 16.9. The van der Waals surface area contributed by atoms with Crippen molar-refractivity contribution in [2.45, 2.75) is 44.7 Å². The Hall–Kier alpha value is -3.00. The normalized spacial score (nSPS) is 15.0. The Morgan fingerprint density at radius 1 is 1.23 bits per heavy atom. The lowest BCUT2D eigenvalue weighted by Crippen LogP contribution is -2.22. The molecule has 0 amide bonds. The number of hydrogen-bond donors (Lipinski definition) is 1. The van der Waals surface area contributed by atoms with Crippen LogP contribution in [-0.2, 0) is 13.6 Å². The van der Waals surface area contributed by atoms with Crippen LogP contribution in [0.5, 0.6) is 0 Å². The Morgan fingerprint density at radius 3 is 2.90 bits per heavy atom. The molecule has 0 bridgehead atoms. The van der Waals surface area contributed by atoms with Gasteiger partial charge < -0.3 is 9.88 Å². The lowest BCUT2D eigenvalue weighted by molar-refractivity contribution is 0.462. The summed E-state index contributed by atoms with van der Waals surface area (Å²) in [5.41, 5.74) is 3.10. The van der Waals surface area contributed by atoms with E-state index >= 15 is 0 Å². The van der Waals surface area contributed by atoms with Gasteiger partial charge in [0.2, 0.25) is 0 Å². The van der Waals surface area contributed by atoms with Crippen LogP contribution in [0.15, 0.2) is 47.8 Å². The number of fused-ring (bicyclic) bond motifs is 1. The van der Waals surface area contributed by atoms with Crippen LogP contribution < -0.4 is 10.9 Å². The van der Waals surface area contributed by atoms with Crippen molar-refractivity contribution < 1.29 is 0 Å². The molecule has 4 aromatic rings. The molecule has 0 aliphatic heterocycles. The Morgan fingerprint density at radius 2 is 2.10 bits per heavy atom. The van der Waals surface area contributed by atoms with Crippen molar-refractivity contribution in [3.8, 4) is 11.3 Å². The maximum Gasteiger partial charge on any atom is 0.277 e. The molecular weight excluding hydrogens is 396 g/mol. The number of nitrogens with one attached hydrogen (secondary N) is 1. The highest BCUT2D eigenvalue weighted by atomic mass is 32.1. The topological polar surface area (TPSA) is 77.6 Å². The summed E-state index contributed by atoms with van der Waals surface area (Å²) in [5, 5.41) is 8.75. The van der Waals surface area contributed by atoms with Crippen LogP contribution in [0.25, 0.3) is 21.5 Å². The number of nitrogens with zero attached hydrogens (tertiary/aromatic N) is 5. The maximum atomic E-state index is 12.9. The zero-order chi connectivity index (χ0) is 20.5. The fraction of sp³-hybridized carbons (Fsp3) is 0.364. The van der Waals surface area contributed by atoms with Gasteiger partial charge in [-0.05, 0) is 30.5 Å². The van der Waals surface area contributed by atoms with Crippen molar-refractivity contribution in [1.82, 2.24) is 24.3 Å². The van der Waals surface area contributed by atoms with Crippen LogP contribution in [0.3, 0.4) is 0 Å². The van der Waals surface area contributed by atoms with Gasteiger partial charge in [0, 0.05) is 37.2 Å². The van der Waals surface area contributed by atoms with Crippen LogP contribution in [0.1, 0.15) is 37.7 Å². The molecule has 1 N–H and O–H groups in total. The maximum absolute atomic E-state index is 12.9. The zero-order valence-corrected chi connectivity index (χ0v) is 17.7. The van der Waals surface area contributed by atoms with Gasteiger partial charge in [0.15, 0.2) is 5.13 Å². The van der Waals surface area contributed by atoms with Crippen molar-refractivity contribution in [2.24, 2.45) is 7.05 Å². The van der Waals surface area contributed by atoms with Gasteiger partial charge >= 0.3 is 0 Å². The second-order valence-electron chi connectivity index (χ2n) is 7.91. The number of rotatable bonds is 5. The quantitative estimate of drug-likeness (QED) is 0.527. The summed E-state index contributed by atoms with van der Waals surface area (Å²) in [6, 6.07) is 6.76. The molecule has 0 radical (unpaired) electrons. The molecule has 0 saturated heterocycles. The van der Waals surface area contributed by atoms with Crippen LogP contribution in [0.4, 0.5) is 5.13 Å². The SMILES string of the molecule is Cn1cc(-c2nccn(Cc3ccc4nc(NC5CCCCC5)sc4c3)c2=O)cn1. The van der Waals surface area contributed by atoms with Gasteiger partial charge in [-0.25, -0.2) is 9.97 Å². The van der Waals surface area contributed by atoms with Gasteiger partial charge in [0.05, 0.1) is 23.0 Å². The summed E-state index contributed by atoms with van der Waals surface area (Å²) in [5.74, 6) is 0. The summed E-state index contributed by atoms with van der Waals surface area (Å²) < 4.78 is 4.50. The van der Waals surface area contributed by atoms with Crippen molar-refractivity contribution in [2.75, 3.05) is 5.32 Å². The van der Waals surface area contributed by atoms with E-state index in [1.807, 2.05) is 19.2 Å². The van der Waals surface area contributed by atoms with E-state index in [1.165, 1.54) is 32.1 Å². The summed E-state index contributed by atoms with van der Waals surface area (Å²) in [6.07, 6.45) is 13.3. The first-order chi connectivity index (χ1) is 14.7. The molecule has 3 aromatic heterocycles. The molecule has 0 spiro atoms. The van der Waals surface area contributed by atoms with E-state index in [1.54, 1.807) is 45.4 Å². The largest absolute Gasteiger partial charge is 0.359 e. The third-order valence-corrected chi connectivity index (χ3v) is 6.58. The Kier molecular flexibility index (Phi) is 5.08. The molecule has 5 rings (SSSR count). The first kappa shape index (κ1) is 19.0. The number of hydrogen-bond acceptors (Lipinski definition) is 6. The summed E-state index contributed by atoms with van der Waals surface area (Å²) in [4.78, 5) is 21.9. The Balaban J connectivity index is 1.38. The number of anilines is 1. The molecular formula is C22H24N6OS. The Labute approximate surface area is 178 Å². The minimum Gasteiger partial charge on any atom is -0.359 e. The molecule has 7 nitrogen and oxygen atoms in total. The molecule has 0 atom stereocenters. The highest BCUT2D eigenvalue weighted by molar-refractivity contribution is 7.22. The summed E-state index contributed by atoms with van der Waals surface area (Å²) in [6.45, 7) is 0.494.